The van der Waals surface area contributed by atoms with Gasteiger partial charge in [-0.15, -0.1) is 6.58 Å². The number of hydrogen-bond donors (Lipinski definition) is 1. The van der Waals surface area contributed by atoms with E-state index in [9.17, 15) is 14.0 Å². The molecule has 1 aromatic carbocycles. The molecule has 0 unspecified atom stereocenters. The molecule has 1 aromatic rings. The van der Waals surface area contributed by atoms with Gasteiger partial charge in [-0.05, 0) is 17.7 Å². The highest BCUT2D eigenvalue weighted by Gasteiger charge is 2.20. The van der Waals surface area contributed by atoms with E-state index in [1.165, 1.54) is 18.2 Å². The molecule has 0 aliphatic heterocycles. The van der Waals surface area contributed by atoms with Crippen molar-refractivity contribution in [2.24, 2.45) is 0 Å². The molecule has 0 aromatic heterocycles. The first kappa shape index (κ1) is 14.2. The Balaban J connectivity index is 2.92. The minimum atomic E-state index is -1.56. The molecule has 0 spiro atoms. The van der Waals surface area contributed by atoms with E-state index < -0.39 is 17.7 Å². The van der Waals surface area contributed by atoms with Crippen molar-refractivity contribution in [3.8, 4) is 0 Å². The van der Waals surface area contributed by atoms with Crippen LogP contribution in [0.3, 0.4) is 0 Å². The normalized spacial score (nSPS) is 9.89. The van der Waals surface area contributed by atoms with Crippen LogP contribution in [0.2, 0.25) is 5.02 Å². The van der Waals surface area contributed by atoms with Gasteiger partial charge in [0.05, 0.1) is 0 Å². The molecule has 0 fully saturated rings. The number of rotatable bonds is 4. The summed E-state index contributed by atoms with van der Waals surface area (Å²) in [6.07, 6.45) is 1.40. The molecule has 0 bridgehead atoms. The molecule has 96 valence electrons. The van der Waals surface area contributed by atoms with Crippen LogP contribution >= 0.6 is 11.6 Å². The number of aliphatic carboxylic acids is 1. The summed E-state index contributed by atoms with van der Waals surface area (Å²) in [5.74, 6) is -3.12. The number of hydrogen-bond acceptors (Lipinski definition) is 2. The van der Waals surface area contributed by atoms with Crippen LogP contribution in [0.15, 0.2) is 30.9 Å². The summed E-state index contributed by atoms with van der Waals surface area (Å²) in [5, 5.41) is 8.79. The minimum Gasteiger partial charge on any atom is -0.474 e. The van der Waals surface area contributed by atoms with Crippen LogP contribution in [-0.2, 0) is 16.1 Å². The SMILES string of the molecule is C=CCN(Cc1ccc(F)cc1Cl)C(=O)C(=O)O. The van der Waals surface area contributed by atoms with Gasteiger partial charge in [0, 0.05) is 18.1 Å². The molecule has 0 aliphatic carbocycles. The van der Waals surface area contributed by atoms with Gasteiger partial charge >= 0.3 is 11.9 Å². The predicted octanol–water partition coefficient (Wildman–Crippen LogP) is 2.08. The van der Waals surface area contributed by atoms with Gasteiger partial charge in [-0.3, -0.25) is 4.79 Å². The predicted molar refractivity (Wildman–Crippen MR) is 64.7 cm³/mol. The summed E-state index contributed by atoms with van der Waals surface area (Å²) in [4.78, 5) is 23.1. The lowest BCUT2D eigenvalue weighted by molar-refractivity contribution is -0.155. The molecular formula is C12H11ClFNO3. The lowest BCUT2D eigenvalue weighted by Crippen LogP contribution is -2.36. The van der Waals surface area contributed by atoms with E-state index in [0.29, 0.717) is 5.56 Å². The Kier molecular flexibility index (Phi) is 4.85. The van der Waals surface area contributed by atoms with Crippen molar-refractivity contribution in [1.29, 1.82) is 0 Å². The molecule has 1 amide bonds. The second-order valence-electron chi connectivity index (χ2n) is 3.52. The van der Waals surface area contributed by atoms with Gasteiger partial charge in [-0.25, -0.2) is 9.18 Å². The van der Waals surface area contributed by atoms with Gasteiger partial charge in [0.1, 0.15) is 5.82 Å². The van der Waals surface area contributed by atoms with Gasteiger partial charge < -0.3 is 10.0 Å². The molecule has 0 saturated carbocycles. The zero-order valence-electron chi connectivity index (χ0n) is 9.40. The molecule has 0 saturated heterocycles. The lowest BCUT2D eigenvalue weighted by atomic mass is 10.2. The summed E-state index contributed by atoms with van der Waals surface area (Å²) >= 11 is 5.81. The average Bonchev–Trinajstić information content (AvgIpc) is 2.30. The van der Waals surface area contributed by atoms with Crippen molar-refractivity contribution in [3.63, 3.8) is 0 Å². The molecular weight excluding hydrogens is 261 g/mol. The molecule has 1 rings (SSSR count). The molecule has 18 heavy (non-hydrogen) atoms. The van der Waals surface area contributed by atoms with Crippen LogP contribution in [0.25, 0.3) is 0 Å². The lowest BCUT2D eigenvalue weighted by Gasteiger charge is -2.19. The summed E-state index contributed by atoms with van der Waals surface area (Å²) < 4.78 is 12.8. The van der Waals surface area contributed by atoms with Crippen molar-refractivity contribution in [3.05, 3.63) is 47.3 Å². The van der Waals surface area contributed by atoms with Crippen molar-refractivity contribution in [1.82, 2.24) is 4.90 Å². The Morgan fingerprint density at radius 1 is 1.50 bits per heavy atom. The molecule has 0 heterocycles. The van der Waals surface area contributed by atoms with Crippen LogP contribution in [0.1, 0.15) is 5.56 Å². The van der Waals surface area contributed by atoms with Crippen LogP contribution in [-0.4, -0.2) is 28.4 Å². The molecule has 0 aliphatic rings. The van der Waals surface area contributed by atoms with Gasteiger partial charge in [-0.1, -0.05) is 23.7 Å². The van der Waals surface area contributed by atoms with E-state index in [1.807, 2.05) is 0 Å². The molecule has 0 atom stereocenters. The van der Waals surface area contributed by atoms with E-state index in [4.69, 9.17) is 16.7 Å². The van der Waals surface area contributed by atoms with Gasteiger partial charge in [0.25, 0.3) is 0 Å². The number of halogens is 2. The van der Waals surface area contributed by atoms with E-state index >= 15 is 0 Å². The number of carbonyl (C=O) groups excluding carboxylic acids is 1. The number of benzene rings is 1. The first-order valence-electron chi connectivity index (χ1n) is 5.02. The number of nitrogens with zero attached hydrogens (tertiary/aromatic N) is 1. The fraction of sp³-hybridized carbons (Fsp3) is 0.167. The van der Waals surface area contributed by atoms with Crippen LogP contribution in [0.4, 0.5) is 4.39 Å². The van der Waals surface area contributed by atoms with Crippen molar-refractivity contribution in [2.45, 2.75) is 6.54 Å². The molecule has 4 nitrogen and oxygen atoms in total. The topological polar surface area (TPSA) is 57.6 Å². The summed E-state index contributed by atoms with van der Waals surface area (Å²) in [5.41, 5.74) is 0.467. The fourth-order valence-electron chi connectivity index (χ4n) is 1.37. The highest BCUT2D eigenvalue weighted by molar-refractivity contribution is 6.32. The number of carbonyl (C=O) groups is 2. The van der Waals surface area contributed by atoms with Gasteiger partial charge in [-0.2, -0.15) is 0 Å². The maximum atomic E-state index is 12.8. The van der Waals surface area contributed by atoms with E-state index in [0.717, 1.165) is 11.0 Å². The van der Waals surface area contributed by atoms with Gasteiger partial charge in [0.2, 0.25) is 0 Å². The Bertz CT molecular complexity index is 490. The largest absolute Gasteiger partial charge is 0.474 e. The second-order valence-corrected chi connectivity index (χ2v) is 3.92. The number of amides is 1. The van der Waals surface area contributed by atoms with E-state index in [1.54, 1.807) is 0 Å². The highest BCUT2D eigenvalue weighted by Crippen LogP contribution is 2.19. The number of carboxylic acid groups (broad SMARTS) is 1. The highest BCUT2D eigenvalue weighted by atomic mass is 35.5. The minimum absolute atomic E-state index is 0.0176. The zero-order valence-corrected chi connectivity index (χ0v) is 10.2. The Labute approximate surface area is 108 Å². The van der Waals surface area contributed by atoms with E-state index in [2.05, 4.69) is 6.58 Å². The monoisotopic (exact) mass is 271 g/mol. The summed E-state index contributed by atoms with van der Waals surface area (Å²) in [7, 11) is 0. The third-order valence-corrected chi connectivity index (χ3v) is 2.55. The smallest absolute Gasteiger partial charge is 0.394 e. The van der Waals surface area contributed by atoms with Crippen LogP contribution in [0.5, 0.6) is 0 Å². The maximum absolute atomic E-state index is 12.8. The third kappa shape index (κ3) is 3.56. The third-order valence-electron chi connectivity index (χ3n) is 2.20. The zero-order chi connectivity index (χ0) is 13.7. The van der Waals surface area contributed by atoms with Crippen molar-refractivity contribution < 1.29 is 19.1 Å². The van der Waals surface area contributed by atoms with Crippen molar-refractivity contribution in [2.75, 3.05) is 6.54 Å². The Morgan fingerprint density at radius 2 is 2.17 bits per heavy atom. The quantitative estimate of drug-likeness (QED) is 0.674. The summed E-state index contributed by atoms with van der Waals surface area (Å²) in [6, 6.07) is 3.70. The molecule has 6 heteroatoms. The molecule has 1 N–H and O–H groups in total. The second kappa shape index (κ2) is 6.16. The first-order valence-corrected chi connectivity index (χ1v) is 5.40. The van der Waals surface area contributed by atoms with Crippen LogP contribution < -0.4 is 0 Å². The first-order chi connectivity index (χ1) is 8.45. The maximum Gasteiger partial charge on any atom is 0.394 e. The van der Waals surface area contributed by atoms with Gasteiger partial charge in [0.15, 0.2) is 0 Å². The van der Waals surface area contributed by atoms with Crippen molar-refractivity contribution >= 4 is 23.5 Å². The summed E-state index contributed by atoms with van der Waals surface area (Å²) in [6.45, 7) is 3.49. The van der Waals surface area contributed by atoms with Crippen LogP contribution in [0, 0.1) is 5.82 Å². The fourth-order valence-corrected chi connectivity index (χ4v) is 1.59. The molecule has 0 radical (unpaired) electrons. The standard InChI is InChI=1S/C12H11ClFNO3/c1-2-5-15(11(16)12(17)18)7-8-3-4-9(14)6-10(8)13/h2-4,6H,1,5,7H2,(H,17,18). The average molecular weight is 272 g/mol. The Hall–Kier alpha value is -1.88. The Morgan fingerprint density at radius 3 is 2.67 bits per heavy atom. The van der Waals surface area contributed by atoms with E-state index in [-0.39, 0.29) is 18.1 Å². The number of carboxylic acids is 1.